The summed E-state index contributed by atoms with van der Waals surface area (Å²) in [7, 11) is 0. The Kier molecular flexibility index (Phi) is 4.88. The van der Waals surface area contributed by atoms with Crippen molar-refractivity contribution in [2.24, 2.45) is 5.92 Å². The molecule has 0 spiro atoms. The third-order valence-electron chi connectivity index (χ3n) is 6.03. The minimum Gasteiger partial charge on any atom is -0.396 e. The van der Waals surface area contributed by atoms with E-state index in [9.17, 15) is 5.11 Å². The minimum atomic E-state index is 0.256. The third-order valence-corrected chi connectivity index (χ3v) is 6.03. The summed E-state index contributed by atoms with van der Waals surface area (Å²) in [5.41, 5.74) is 4.32. The minimum absolute atomic E-state index is 0.256. The van der Waals surface area contributed by atoms with Gasteiger partial charge in [0.1, 0.15) is 5.82 Å². The highest BCUT2D eigenvalue weighted by Gasteiger charge is 2.32. The van der Waals surface area contributed by atoms with Gasteiger partial charge in [-0.15, -0.1) is 0 Å². The van der Waals surface area contributed by atoms with E-state index in [4.69, 9.17) is 10.1 Å². The molecule has 4 rings (SSSR count). The lowest BCUT2D eigenvalue weighted by Crippen LogP contribution is -2.54. The van der Waals surface area contributed by atoms with E-state index in [1.165, 1.54) is 24.9 Å². The number of aliphatic hydroxyl groups excluding tert-OH is 1. The first-order valence-electron chi connectivity index (χ1n) is 10.1. The van der Waals surface area contributed by atoms with Gasteiger partial charge in [0.2, 0.25) is 0 Å². The highest BCUT2D eigenvalue weighted by Crippen LogP contribution is 2.32. The molecular formula is C20H31N5O. The molecule has 142 valence electrons. The third kappa shape index (κ3) is 3.32. The van der Waals surface area contributed by atoms with Crippen molar-refractivity contribution in [3.63, 3.8) is 0 Å². The summed E-state index contributed by atoms with van der Waals surface area (Å²) in [4.78, 5) is 9.86. The molecule has 0 bridgehead atoms. The average Bonchev–Trinajstić information content (AvgIpc) is 3.42. The first-order chi connectivity index (χ1) is 12.6. The number of hydrogen-bond donors (Lipinski definition) is 1. The van der Waals surface area contributed by atoms with Crippen molar-refractivity contribution >= 4 is 11.5 Å². The molecule has 1 unspecified atom stereocenters. The van der Waals surface area contributed by atoms with Crippen molar-refractivity contribution in [1.29, 1.82) is 0 Å². The average molecular weight is 358 g/mol. The van der Waals surface area contributed by atoms with E-state index in [0.29, 0.717) is 6.04 Å². The summed E-state index contributed by atoms with van der Waals surface area (Å²) in [5.74, 6) is 2.04. The topological polar surface area (TPSA) is 56.9 Å². The highest BCUT2D eigenvalue weighted by atomic mass is 16.3. The Hall–Kier alpha value is -1.66. The van der Waals surface area contributed by atoms with Gasteiger partial charge >= 0.3 is 0 Å². The first-order valence-corrected chi connectivity index (χ1v) is 10.1. The van der Waals surface area contributed by atoms with Gasteiger partial charge in [0.25, 0.3) is 0 Å². The maximum absolute atomic E-state index is 9.56. The molecule has 1 aliphatic heterocycles. The number of hydrogen-bond acceptors (Lipinski definition) is 5. The fraction of sp³-hybridized carbons (Fsp3) is 0.700. The molecule has 2 aliphatic rings. The summed E-state index contributed by atoms with van der Waals surface area (Å²) < 4.78 is 2.02. The van der Waals surface area contributed by atoms with Gasteiger partial charge in [0, 0.05) is 56.2 Å². The smallest absolute Gasteiger partial charge is 0.160 e. The van der Waals surface area contributed by atoms with Crippen LogP contribution < -0.4 is 4.90 Å². The van der Waals surface area contributed by atoms with Crippen LogP contribution in [0.1, 0.15) is 43.1 Å². The maximum atomic E-state index is 9.56. The molecule has 2 aromatic rings. The lowest BCUT2D eigenvalue weighted by molar-refractivity contribution is 0.136. The monoisotopic (exact) mass is 357 g/mol. The Morgan fingerprint density at radius 1 is 1.23 bits per heavy atom. The summed E-state index contributed by atoms with van der Waals surface area (Å²) >= 11 is 0. The molecule has 1 saturated carbocycles. The van der Waals surface area contributed by atoms with Crippen molar-refractivity contribution in [2.45, 2.75) is 52.5 Å². The molecule has 1 atom stereocenters. The van der Waals surface area contributed by atoms with E-state index in [-0.39, 0.29) is 6.61 Å². The van der Waals surface area contributed by atoms with Crippen LogP contribution in [0.4, 0.5) is 5.82 Å². The Labute approximate surface area is 155 Å². The second-order valence-corrected chi connectivity index (χ2v) is 7.96. The fourth-order valence-electron chi connectivity index (χ4n) is 4.07. The van der Waals surface area contributed by atoms with E-state index in [2.05, 4.69) is 36.6 Å². The Morgan fingerprint density at radius 3 is 2.73 bits per heavy atom. The van der Waals surface area contributed by atoms with Crippen molar-refractivity contribution in [3.05, 3.63) is 23.0 Å². The van der Waals surface area contributed by atoms with Crippen LogP contribution in [-0.2, 0) is 6.42 Å². The molecule has 6 nitrogen and oxygen atoms in total. The second kappa shape index (κ2) is 7.16. The molecule has 1 saturated heterocycles. The highest BCUT2D eigenvalue weighted by molar-refractivity contribution is 5.57. The SMILES string of the molecule is CCc1cc(N2CCN(CC3CC3)C(CCO)C2)n2nc(C)c(C)c2n1. The van der Waals surface area contributed by atoms with Crippen LogP contribution in [0.15, 0.2) is 6.07 Å². The Morgan fingerprint density at radius 2 is 2.04 bits per heavy atom. The number of aliphatic hydroxyl groups is 1. The molecule has 1 N–H and O–H groups in total. The van der Waals surface area contributed by atoms with Crippen molar-refractivity contribution in [3.8, 4) is 0 Å². The summed E-state index contributed by atoms with van der Waals surface area (Å²) in [6.45, 7) is 10.8. The van der Waals surface area contributed by atoms with E-state index in [1.807, 2.05) is 4.52 Å². The Bertz CT molecular complexity index is 782. The van der Waals surface area contributed by atoms with E-state index in [0.717, 1.165) is 61.2 Å². The van der Waals surface area contributed by atoms with Gasteiger partial charge in [-0.3, -0.25) is 4.90 Å². The van der Waals surface area contributed by atoms with Crippen LogP contribution in [0.2, 0.25) is 0 Å². The number of piperazine rings is 1. The van der Waals surface area contributed by atoms with E-state index >= 15 is 0 Å². The first kappa shape index (κ1) is 17.7. The number of aryl methyl sites for hydroxylation is 3. The molecule has 0 radical (unpaired) electrons. The molecule has 2 aromatic heterocycles. The van der Waals surface area contributed by atoms with Gasteiger partial charge in [-0.25, -0.2) is 4.98 Å². The summed E-state index contributed by atoms with van der Waals surface area (Å²) in [5, 5.41) is 14.3. The summed E-state index contributed by atoms with van der Waals surface area (Å²) in [6, 6.07) is 2.62. The maximum Gasteiger partial charge on any atom is 0.160 e. The number of fused-ring (bicyclic) bond motifs is 1. The number of rotatable bonds is 6. The number of anilines is 1. The quantitative estimate of drug-likeness (QED) is 0.859. The van der Waals surface area contributed by atoms with Gasteiger partial charge < -0.3 is 10.0 Å². The van der Waals surface area contributed by atoms with Crippen LogP contribution >= 0.6 is 0 Å². The largest absolute Gasteiger partial charge is 0.396 e. The lowest BCUT2D eigenvalue weighted by atomic mass is 10.1. The predicted octanol–water partition coefficient (Wildman–Crippen LogP) is 2.19. The molecule has 1 aliphatic carbocycles. The van der Waals surface area contributed by atoms with Gasteiger partial charge in [0.15, 0.2) is 5.65 Å². The van der Waals surface area contributed by atoms with Crippen LogP contribution in [0.5, 0.6) is 0 Å². The van der Waals surface area contributed by atoms with Crippen LogP contribution in [0.3, 0.4) is 0 Å². The number of nitrogens with zero attached hydrogens (tertiary/aromatic N) is 5. The van der Waals surface area contributed by atoms with Crippen molar-refractivity contribution < 1.29 is 5.11 Å². The lowest BCUT2D eigenvalue weighted by Gasteiger charge is -2.42. The number of aromatic nitrogens is 3. The van der Waals surface area contributed by atoms with Crippen molar-refractivity contribution in [1.82, 2.24) is 19.5 Å². The predicted molar refractivity (Wildman–Crippen MR) is 104 cm³/mol. The van der Waals surface area contributed by atoms with Gasteiger partial charge in [0.05, 0.1) is 5.69 Å². The molecule has 2 fully saturated rings. The van der Waals surface area contributed by atoms with E-state index in [1.54, 1.807) is 0 Å². The molecule has 0 aromatic carbocycles. The standard InChI is InChI=1S/C20H31N5O/c1-4-17-11-19(25-20(21-17)14(2)15(3)22-25)24-9-8-23(12-16-5-6-16)18(13-24)7-10-26/h11,16,18,26H,4-10,12-13H2,1-3H3. The molecular weight excluding hydrogens is 326 g/mol. The van der Waals surface area contributed by atoms with Gasteiger partial charge in [-0.2, -0.15) is 9.61 Å². The molecule has 0 amide bonds. The summed E-state index contributed by atoms with van der Waals surface area (Å²) in [6.07, 6.45) is 4.52. The fourth-order valence-corrected chi connectivity index (χ4v) is 4.07. The molecule has 26 heavy (non-hydrogen) atoms. The van der Waals surface area contributed by atoms with Crippen LogP contribution in [0.25, 0.3) is 5.65 Å². The molecule has 6 heteroatoms. The zero-order valence-corrected chi connectivity index (χ0v) is 16.3. The zero-order valence-electron chi connectivity index (χ0n) is 16.3. The van der Waals surface area contributed by atoms with E-state index < -0.39 is 0 Å². The normalized spacial score (nSPS) is 21.7. The molecule has 3 heterocycles. The Balaban J connectivity index is 1.65. The van der Waals surface area contributed by atoms with Gasteiger partial charge in [-0.05, 0) is 45.4 Å². The van der Waals surface area contributed by atoms with Gasteiger partial charge in [-0.1, -0.05) is 6.92 Å². The second-order valence-electron chi connectivity index (χ2n) is 7.96. The van der Waals surface area contributed by atoms with Crippen LogP contribution in [-0.4, -0.2) is 63.4 Å². The zero-order chi connectivity index (χ0) is 18.3. The van der Waals surface area contributed by atoms with Crippen molar-refractivity contribution in [2.75, 3.05) is 37.7 Å². The van der Waals surface area contributed by atoms with Crippen LogP contribution in [0, 0.1) is 19.8 Å².